The summed E-state index contributed by atoms with van der Waals surface area (Å²) >= 11 is 0. The molecular formula is C22H25NO7. The molecule has 0 atom stereocenters. The Hall–Kier alpha value is -3.55. The van der Waals surface area contributed by atoms with Crippen LogP contribution in [-0.4, -0.2) is 50.1 Å². The van der Waals surface area contributed by atoms with Crippen LogP contribution >= 0.6 is 0 Å². The lowest BCUT2D eigenvalue weighted by molar-refractivity contribution is -0.136. The summed E-state index contributed by atoms with van der Waals surface area (Å²) in [6.07, 6.45) is 2.69. The van der Waals surface area contributed by atoms with Crippen molar-refractivity contribution in [3.05, 3.63) is 52.4 Å². The number of methoxy groups -OCH3 is 2. The summed E-state index contributed by atoms with van der Waals surface area (Å²) in [5, 5.41) is 0. The molecule has 0 spiro atoms. The number of carbonyl (C=O) groups is 3. The van der Waals surface area contributed by atoms with Gasteiger partial charge in [-0.3, -0.25) is 4.79 Å². The van der Waals surface area contributed by atoms with Gasteiger partial charge in [0.2, 0.25) is 5.78 Å². The molecule has 0 unspecified atom stereocenters. The first-order valence-corrected chi connectivity index (χ1v) is 9.28. The van der Waals surface area contributed by atoms with E-state index in [1.165, 1.54) is 26.4 Å². The molecule has 30 heavy (non-hydrogen) atoms. The van der Waals surface area contributed by atoms with Crippen molar-refractivity contribution in [3.8, 4) is 11.5 Å². The van der Waals surface area contributed by atoms with Crippen LogP contribution in [0.25, 0.3) is 6.08 Å². The van der Waals surface area contributed by atoms with Crippen LogP contribution in [0.2, 0.25) is 0 Å². The molecule has 1 heterocycles. The van der Waals surface area contributed by atoms with Crippen molar-refractivity contribution in [2.45, 2.75) is 20.8 Å². The van der Waals surface area contributed by atoms with Crippen LogP contribution < -0.4 is 9.47 Å². The van der Waals surface area contributed by atoms with E-state index in [0.717, 1.165) is 0 Å². The molecule has 0 saturated heterocycles. The van der Waals surface area contributed by atoms with Gasteiger partial charge in [0.1, 0.15) is 11.5 Å². The first kappa shape index (κ1) is 22.7. The lowest BCUT2D eigenvalue weighted by atomic mass is 10.1. The van der Waals surface area contributed by atoms with Gasteiger partial charge in [-0.25, -0.2) is 9.59 Å². The average Bonchev–Trinajstić information content (AvgIpc) is 3.04. The standard InChI is InChI=1S/C22H25NO7/c1-6-29-22(26)21-14(3)23-13(2)20(21)17(24)12-30-19(25)10-7-15-11-16(27-4)8-9-18(15)28-5/h7-11,23H,6,12H2,1-5H3/b10-7+. The molecule has 2 rings (SSSR count). The minimum atomic E-state index is -0.712. The van der Waals surface area contributed by atoms with Gasteiger partial charge in [0.05, 0.1) is 32.0 Å². The fourth-order valence-electron chi connectivity index (χ4n) is 2.97. The van der Waals surface area contributed by atoms with Crippen LogP contribution in [0.3, 0.4) is 0 Å². The van der Waals surface area contributed by atoms with Gasteiger partial charge in [0, 0.05) is 23.0 Å². The number of hydrogen-bond acceptors (Lipinski definition) is 7. The van der Waals surface area contributed by atoms with Gasteiger partial charge in [-0.05, 0) is 45.0 Å². The zero-order valence-electron chi connectivity index (χ0n) is 17.7. The first-order valence-electron chi connectivity index (χ1n) is 9.28. The number of aryl methyl sites for hydroxylation is 2. The van der Waals surface area contributed by atoms with E-state index in [4.69, 9.17) is 18.9 Å². The molecular weight excluding hydrogens is 390 g/mol. The van der Waals surface area contributed by atoms with Crippen molar-refractivity contribution in [3.63, 3.8) is 0 Å². The topological polar surface area (TPSA) is 104 Å². The maximum absolute atomic E-state index is 12.6. The Labute approximate surface area is 174 Å². The number of benzene rings is 1. The van der Waals surface area contributed by atoms with Crippen molar-refractivity contribution in [1.29, 1.82) is 0 Å². The summed E-state index contributed by atoms with van der Waals surface area (Å²) in [5.74, 6) is -0.660. The van der Waals surface area contributed by atoms with Gasteiger partial charge in [-0.15, -0.1) is 0 Å². The number of rotatable bonds is 9. The molecule has 0 fully saturated rings. The minimum Gasteiger partial charge on any atom is -0.497 e. The number of ketones is 1. The fraction of sp³-hybridized carbons (Fsp3) is 0.318. The van der Waals surface area contributed by atoms with Gasteiger partial charge >= 0.3 is 11.9 Å². The zero-order valence-corrected chi connectivity index (χ0v) is 17.7. The van der Waals surface area contributed by atoms with E-state index in [-0.39, 0.29) is 17.7 Å². The van der Waals surface area contributed by atoms with Gasteiger partial charge < -0.3 is 23.9 Å². The number of Topliss-reactive ketones (excluding diaryl/α,β-unsaturated/α-hetero) is 1. The van der Waals surface area contributed by atoms with E-state index in [0.29, 0.717) is 28.5 Å². The molecule has 1 N–H and O–H groups in total. The highest BCUT2D eigenvalue weighted by molar-refractivity contribution is 6.09. The second-order valence-corrected chi connectivity index (χ2v) is 6.32. The van der Waals surface area contributed by atoms with E-state index in [2.05, 4.69) is 4.98 Å². The Morgan fingerprint density at radius 3 is 2.33 bits per heavy atom. The van der Waals surface area contributed by atoms with Crippen molar-refractivity contribution >= 4 is 23.8 Å². The second-order valence-electron chi connectivity index (χ2n) is 6.32. The molecule has 8 heteroatoms. The Bertz CT molecular complexity index is 972. The highest BCUT2D eigenvalue weighted by Crippen LogP contribution is 2.25. The third kappa shape index (κ3) is 5.28. The van der Waals surface area contributed by atoms with E-state index >= 15 is 0 Å². The highest BCUT2D eigenvalue weighted by atomic mass is 16.5. The Balaban J connectivity index is 2.10. The third-order valence-corrected chi connectivity index (χ3v) is 4.31. The maximum Gasteiger partial charge on any atom is 0.340 e. The predicted molar refractivity (Wildman–Crippen MR) is 110 cm³/mol. The van der Waals surface area contributed by atoms with Crippen LogP contribution in [-0.2, 0) is 14.3 Å². The summed E-state index contributed by atoms with van der Waals surface area (Å²) in [4.78, 5) is 39.8. The van der Waals surface area contributed by atoms with Crippen LogP contribution in [0, 0.1) is 13.8 Å². The summed E-state index contributed by atoms with van der Waals surface area (Å²) in [6, 6.07) is 5.14. The molecule has 2 aromatic rings. The number of nitrogens with one attached hydrogen (secondary N) is 1. The second kappa shape index (κ2) is 10.3. The molecule has 8 nitrogen and oxygen atoms in total. The zero-order chi connectivity index (χ0) is 22.3. The Morgan fingerprint density at radius 1 is 1.00 bits per heavy atom. The highest BCUT2D eigenvalue weighted by Gasteiger charge is 2.25. The van der Waals surface area contributed by atoms with Crippen molar-refractivity contribution in [2.75, 3.05) is 27.4 Å². The number of aromatic amines is 1. The van der Waals surface area contributed by atoms with Crippen LogP contribution in [0.5, 0.6) is 11.5 Å². The van der Waals surface area contributed by atoms with Crippen LogP contribution in [0.1, 0.15) is 44.6 Å². The third-order valence-electron chi connectivity index (χ3n) is 4.31. The van der Waals surface area contributed by atoms with Gasteiger partial charge in [0.25, 0.3) is 0 Å². The summed E-state index contributed by atoms with van der Waals surface area (Å²) in [6.45, 7) is 4.69. The summed E-state index contributed by atoms with van der Waals surface area (Å²) < 4.78 is 20.5. The Morgan fingerprint density at radius 2 is 1.70 bits per heavy atom. The number of esters is 2. The Kier molecular flexibility index (Phi) is 7.80. The number of H-pyrrole nitrogens is 1. The molecule has 0 bridgehead atoms. The van der Waals surface area contributed by atoms with Crippen LogP contribution in [0.15, 0.2) is 24.3 Å². The predicted octanol–water partition coefficient (Wildman–Crippen LogP) is 3.26. The van der Waals surface area contributed by atoms with E-state index in [9.17, 15) is 14.4 Å². The van der Waals surface area contributed by atoms with E-state index in [1.54, 1.807) is 39.0 Å². The fourth-order valence-corrected chi connectivity index (χ4v) is 2.97. The van der Waals surface area contributed by atoms with Crippen molar-refractivity contribution in [1.82, 2.24) is 4.98 Å². The molecule has 0 aliphatic carbocycles. The number of aromatic nitrogens is 1. The number of ether oxygens (including phenoxy) is 4. The molecule has 160 valence electrons. The smallest absolute Gasteiger partial charge is 0.340 e. The quantitative estimate of drug-likeness (QED) is 0.381. The largest absolute Gasteiger partial charge is 0.497 e. The monoisotopic (exact) mass is 415 g/mol. The number of carbonyl (C=O) groups excluding carboxylic acids is 3. The molecule has 1 aromatic carbocycles. The lowest BCUT2D eigenvalue weighted by Gasteiger charge is -2.07. The lowest BCUT2D eigenvalue weighted by Crippen LogP contribution is -2.17. The molecule has 1 aromatic heterocycles. The van der Waals surface area contributed by atoms with Gasteiger partial charge in [0.15, 0.2) is 6.61 Å². The summed E-state index contributed by atoms with van der Waals surface area (Å²) in [7, 11) is 3.04. The first-order chi connectivity index (χ1) is 14.3. The van der Waals surface area contributed by atoms with E-state index < -0.39 is 24.3 Å². The molecule has 0 saturated carbocycles. The van der Waals surface area contributed by atoms with Crippen LogP contribution in [0.4, 0.5) is 0 Å². The molecule has 0 amide bonds. The maximum atomic E-state index is 12.6. The van der Waals surface area contributed by atoms with Gasteiger partial charge in [-0.2, -0.15) is 0 Å². The van der Waals surface area contributed by atoms with Gasteiger partial charge in [-0.1, -0.05) is 0 Å². The normalized spacial score (nSPS) is 10.7. The van der Waals surface area contributed by atoms with E-state index in [1.807, 2.05) is 0 Å². The number of hydrogen-bond donors (Lipinski definition) is 1. The summed E-state index contributed by atoms with van der Waals surface area (Å²) in [5.41, 5.74) is 1.96. The minimum absolute atomic E-state index is 0.159. The van der Waals surface area contributed by atoms with Crippen molar-refractivity contribution in [2.24, 2.45) is 0 Å². The SMILES string of the molecule is CCOC(=O)c1c(C)[nH]c(C)c1C(=O)COC(=O)/C=C/c1cc(OC)ccc1OC. The van der Waals surface area contributed by atoms with Crippen molar-refractivity contribution < 1.29 is 33.3 Å². The molecule has 0 radical (unpaired) electrons. The molecule has 0 aliphatic heterocycles. The average molecular weight is 415 g/mol. The molecule has 0 aliphatic rings.